The maximum atomic E-state index is 13.5. The van der Waals surface area contributed by atoms with E-state index in [0.29, 0.717) is 11.1 Å². The maximum absolute atomic E-state index is 13.5. The number of fused-ring (bicyclic) bond motifs is 2. The van der Waals surface area contributed by atoms with Crippen LogP contribution in [0, 0.1) is 13.8 Å². The van der Waals surface area contributed by atoms with Crippen LogP contribution in [0.3, 0.4) is 0 Å². The van der Waals surface area contributed by atoms with Gasteiger partial charge in [0, 0.05) is 29.8 Å². The molecule has 1 aromatic heterocycles. The van der Waals surface area contributed by atoms with Gasteiger partial charge in [-0.1, -0.05) is 36.4 Å². The lowest BCUT2D eigenvalue weighted by Gasteiger charge is -2.24. The van der Waals surface area contributed by atoms with E-state index in [-0.39, 0.29) is 11.3 Å². The van der Waals surface area contributed by atoms with Gasteiger partial charge in [0.2, 0.25) is 0 Å². The first-order valence-electron chi connectivity index (χ1n) is 9.61. The van der Waals surface area contributed by atoms with Gasteiger partial charge in [-0.2, -0.15) is 0 Å². The van der Waals surface area contributed by atoms with Crippen LogP contribution in [0.2, 0.25) is 0 Å². The number of hydrogen-bond donors (Lipinski definition) is 1. The highest BCUT2D eigenvalue weighted by molar-refractivity contribution is 6.28. The number of rotatable bonds is 2. The van der Waals surface area contributed by atoms with Crippen molar-refractivity contribution >= 4 is 28.1 Å². The number of carbonyl (C=O) groups is 1. The van der Waals surface area contributed by atoms with Crippen molar-refractivity contribution in [3.05, 3.63) is 93.3 Å². The molecule has 0 amide bonds. The Labute approximate surface area is 168 Å². The molecule has 0 aliphatic heterocycles. The van der Waals surface area contributed by atoms with E-state index in [0.717, 1.165) is 39.0 Å². The van der Waals surface area contributed by atoms with E-state index in [1.807, 2.05) is 48.5 Å². The third-order valence-corrected chi connectivity index (χ3v) is 5.98. The monoisotopic (exact) mass is 380 g/mol. The molecular formula is C25H20N2O2. The summed E-state index contributed by atoms with van der Waals surface area (Å²) in [5, 5.41) is 4.30. The fourth-order valence-corrected chi connectivity index (χ4v) is 4.19. The highest BCUT2D eigenvalue weighted by Gasteiger charge is 2.29. The van der Waals surface area contributed by atoms with Crippen LogP contribution in [0.25, 0.3) is 22.0 Å². The Hall–Kier alpha value is -3.66. The second-order valence-corrected chi connectivity index (χ2v) is 7.58. The Bertz CT molecular complexity index is 1400. The summed E-state index contributed by atoms with van der Waals surface area (Å²) < 4.78 is 1.60. The molecule has 142 valence electrons. The van der Waals surface area contributed by atoms with Crippen molar-refractivity contribution in [1.82, 2.24) is 4.57 Å². The summed E-state index contributed by atoms with van der Waals surface area (Å²) in [6, 6.07) is 19.0. The van der Waals surface area contributed by atoms with Gasteiger partial charge in [0.25, 0.3) is 5.56 Å². The zero-order chi connectivity index (χ0) is 20.3. The number of pyridine rings is 1. The van der Waals surface area contributed by atoms with E-state index in [1.165, 1.54) is 5.56 Å². The molecule has 0 fully saturated rings. The minimum Gasteiger partial charge on any atom is -0.355 e. The average molecular weight is 380 g/mol. The van der Waals surface area contributed by atoms with Gasteiger partial charge >= 0.3 is 0 Å². The number of nitrogens with zero attached hydrogens (tertiary/aromatic N) is 1. The minimum absolute atomic E-state index is 0.0230. The van der Waals surface area contributed by atoms with E-state index in [4.69, 9.17) is 0 Å². The van der Waals surface area contributed by atoms with Gasteiger partial charge in [-0.05, 0) is 54.3 Å². The first kappa shape index (κ1) is 17.4. The van der Waals surface area contributed by atoms with Crippen LogP contribution < -0.4 is 10.9 Å². The largest absolute Gasteiger partial charge is 0.355 e. The molecule has 1 aliphatic rings. The standard InChI is InChI=1S/C25H20N2O2/c1-14-7-6-10-19(15(14)2)26-20-11-12-21-23-18(13-22(28)27(21)3)16-8-4-5-9-17(16)25(29)24(20)23/h4-13,26H,1-3H3. The lowest BCUT2D eigenvalue weighted by atomic mass is 9.83. The molecule has 0 saturated carbocycles. The topological polar surface area (TPSA) is 51.1 Å². The molecule has 0 radical (unpaired) electrons. The highest BCUT2D eigenvalue weighted by atomic mass is 16.1. The number of aromatic nitrogens is 1. The molecule has 3 aromatic carbocycles. The second kappa shape index (κ2) is 6.17. The Morgan fingerprint density at radius 2 is 1.55 bits per heavy atom. The molecule has 0 bridgehead atoms. The Balaban J connectivity index is 1.86. The van der Waals surface area contributed by atoms with Gasteiger partial charge in [-0.15, -0.1) is 0 Å². The fourth-order valence-electron chi connectivity index (χ4n) is 4.19. The molecule has 0 unspecified atom stereocenters. The number of ketones is 1. The number of hydrogen-bond acceptors (Lipinski definition) is 3. The average Bonchev–Trinajstić information content (AvgIpc) is 2.73. The molecule has 4 nitrogen and oxygen atoms in total. The van der Waals surface area contributed by atoms with Crippen molar-refractivity contribution < 1.29 is 4.79 Å². The normalized spacial score (nSPS) is 12.2. The van der Waals surface area contributed by atoms with Crippen LogP contribution in [0.1, 0.15) is 27.0 Å². The molecule has 1 aliphatic carbocycles. The summed E-state index contributed by atoms with van der Waals surface area (Å²) in [5.41, 5.74) is 7.61. The SMILES string of the molecule is Cc1cccc(Nc2ccc3c4c(cc(=O)n3C)-c3ccccc3C(=O)c24)c1C. The summed E-state index contributed by atoms with van der Waals surface area (Å²) >= 11 is 0. The quantitative estimate of drug-likeness (QED) is 0.463. The van der Waals surface area contributed by atoms with Gasteiger partial charge in [0.15, 0.2) is 5.78 Å². The number of nitrogens with one attached hydrogen (secondary N) is 1. The van der Waals surface area contributed by atoms with Crippen LogP contribution >= 0.6 is 0 Å². The number of aryl methyl sites for hydroxylation is 2. The van der Waals surface area contributed by atoms with Crippen molar-refractivity contribution in [2.45, 2.75) is 13.8 Å². The molecule has 0 saturated heterocycles. The summed E-state index contributed by atoms with van der Waals surface area (Å²) in [4.78, 5) is 26.1. The lowest BCUT2D eigenvalue weighted by Crippen LogP contribution is -2.21. The molecule has 4 heteroatoms. The Morgan fingerprint density at radius 1 is 0.793 bits per heavy atom. The lowest BCUT2D eigenvalue weighted by molar-refractivity contribution is 0.104. The van der Waals surface area contributed by atoms with Crippen molar-refractivity contribution in [3.63, 3.8) is 0 Å². The smallest absolute Gasteiger partial charge is 0.251 e. The zero-order valence-electron chi connectivity index (χ0n) is 16.5. The number of carbonyl (C=O) groups excluding carboxylic acids is 1. The zero-order valence-corrected chi connectivity index (χ0v) is 16.5. The highest BCUT2D eigenvalue weighted by Crippen LogP contribution is 2.42. The van der Waals surface area contributed by atoms with Crippen LogP contribution in [0.5, 0.6) is 0 Å². The van der Waals surface area contributed by atoms with Gasteiger partial charge in [-0.3, -0.25) is 9.59 Å². The first-order valence-corrected chi connectivity index (χ1v) is 9.61. The molecule has 1 heterocycles. The summed E-state index contributed by atoms with van der Waals surface area (Å²) in [6.45, 7) is 4.14. The molecule has 0 atom stereocenters. The van der Waals surface area contributed by atoms with E-state index < -0.39 is 0 Å². The second-order valence-electron chi connectivity index (χ2n) is 7.58. The molecule has 29 heavy (non-hydrogen) atoms. The van der Waals surface area contributed by atoms with Gasteiger partial charge in [-0.25, -0.2) is 0 Å². The molecule has 1 N–H and O–H groups in total. The fraction of sp³-hybridized carbons (Fsp3) is 0.120. The molecular weight excluding hydrogens is 360 g/mol. The van der Waals surface area contributed by atoms with E-state index in [1.54, 1.807) is 17.7 Å². The van der Waals surface area contributed by atoms with E-state index in [2.05, 4.69) is 25.2 Å². The Morgan fingerprint density at radius 3 is 2.34 bits per heavy atom. The predicted molar refractivity (Wildman–Crippen MR) is 117 cm³/mol. The van der Waals surface area contributed by atoms with Crippen molar-refractivity contribution in [2.75, 3.05) is 5.32 Å². The summed E-state index contributed by atoms with van der Waals surface area (Å²) in [6.07, 6.45) is 0. The van der Waals surface area contributed by atoms with E-state index in [9.17, 15) is 9.59 Å². The van der Waals surface area contributed by atoms with Gasteiger partial charge in [0.1, 0.15) is 0 Å². The number of anilines is 2. The van der Waals surface area contributed by atoms with Crippen LogP contribution in [-0.2, 0) is 7.05 Å². The minimum atomic E-state index is -0.0853. The number of benzene rings is 3. The Kier molecular flexibility index (Phi) is 3.71. The van der Waals surface area contributed by atoms with Crippen molar-refractivity contribution in [3.8, 4) is 11.1 Å². The summed E-state index contributed by atoms with van der Waals surface area (Å²) in [5.74, 6) is -0.0230. The molecule has 0 spiro atoms. The van der Waals surface area contributed by atoms with Crippen LogP contribution in [-0.4, -0.2) is 10.4 Å². The molecule has 4 aromatic rings. The molecule has 5 rings (SSSR count). The third-order valence-electron chi connectivity index (χ3n) is 5.98. The van der Waals surface area contributed by atoms with Crippen molar-refractivity contribution in [2.24, 2.45) is 7.05 Å². The van der Waals surface area contributed by atoms with E-state index >= 15 is 0 Å². The van der Waals surface area contributed by atoms with Crippen LogP contribution in [0.4, 0.5) is 11.4 Å². The van der Waals surface area contributed by atoms with Gasteiger partial charge < -0.3 is 9.88 Å². The van der Waals surface area contributed by atoms with Crippen LogP contribution in [0.15, 0.2) is 65.5 Å². The maximum Gasteiger partial charge on any atom is 0.251 e. The predicted octanol–water partition coefficient (Wildman–Crippen LogP) is 5.11. The third kappa shape index (κ3) is 2.46. The van der Waals surface area contributed by atoms with Crippen molar-refractivity contribution in [1.29, 1.82) is 0 Å². The summed E-state index contributed by atoms with van der Waals surface area (Å²) in [7, 11) is 1.74. The first-order chi connectivity index (χ1) is 14.0. The van der Waals surface area contributed by atoms with Gasteiger partial charge in [0.05, 0.1) is 16.8 Å².